The van der Waals surface area contributed by atoms with Crippen LogP contribution in [0.2, 0.25) is 0 Å². The van der Waals surface area contributed by atoms with Crippen molar-refractivity contribution in [3.63, 3.8) is 0 Å². The molecule has 17 heavy (non-hydrogen) atoms. The molecule has 1 aliphatic rings. The normalized spacial score (nSPS) is 18.7. The smallest absolute Gasteiger partial charge is 0.194 e. The van der Waals surface area contributed by atoms with Gasteiger partial charge in [0.15, 0.2) is 5.88 Å². The fourth-order valence-electron chi connectivity index (χ4n) is 1.04. The second kappa shape index (κ2) is 5.88. The molecule has 7 heteroatoms. The lowest BCUT2D eigenvalue weighted by molar-refractivity contribution is 0.315. The highest BCUT2D eigenvalue weighted by atomic mass is 32.2. The molecule has 98 valence electrons. The zero-order valence-electron chi connectivity index (χ0n) is 11.0. The first-order chi connectivity index (χ1) is 7.79. The highest BCUT2D eigenvalue weighted by molar-refractivity contribution is 7.95. The molecule has 5 nitrogen and oxygen atoms in total. The molecule has 1 aliphatic heterocycles. The Morgan fingerprint density at radius 1 is 1.53 bits per heavy atom. The van der Waals surface area contributed by atoms with Crippen molar-refractivity contribution in [2.75, 3.05) is 18.4 Å². The Balaban J connectivity index is 2.54. The molecule has 0 radical (unpaired) electrons. The molecule has 0 aromatic carbocycles. The van der Waals surface area contributed by atoms with E-state index in [9.17, 15) is 4.21 Å². The largest absolute Gasteiger partial charge is 0.301 e. The Morgan fingerprint density at radius 3 is 2.71 bits per heavy atom. The van der Waals surface area contributed by atoms with Gasteiger partial charge >= 0.3 is 0 Å². The Labute approximate surface area is 109 Å². The third-order valence-electron chi connectivity index (χ3n) is 1.85. The van der Waals surface area contributed by atoms with E-state index < -0.39 is 11.0 Å². The zero-order chi connectivity index (χ0) is 13.1. The number of allylic oxidation sites excluding steroid dienone is 1. The molecule has 2 N–H and O–H groups in total. The van der Waals surface area contributed by atoms with Crippen LogP contribution in [0.4, 0.5) is 0 Å². The SMILES string of the molecule is C[S+](C)CN1C=C(C=NS(=O)C(C)(C)C)NN1. The first-order valence-electron chi connectivity index (χ1n) is 5.29. The van der Waals surface area contributed by atoms with Crippen molar-refractivity contribution in [1.29, 1.82) is 0 Å². The maximum Gasteiger partial charge on any atom is 0.194 e. The van der Waals surface area contributed by atoms with Crippen molar-refractivity contribution >= 4 is 28.1 Å². The molecular formula is C10H21N4OS2+. The third-order valence-corrected chi connectivity index (χ3v) is 3.99. The summed E-state index contributed by atoms with van der Waals surface area (Å²) < 4.78 is 15.4. The van der Waals surface area contributed by atoms with E-state index in [4.69, 9.17) is 0 Å². The number of hydrogen-bond acceptors (Lipinski definition) is 4. The molecule has 0 aliphatic carbocycles. The molecule has 0 bridgehead atoms. The first kappa shape index (κ1) is 14.5. The first-order valence-corrected chi connectivity index (χ1v) is 8.61. The number of rotatable bonds is 4. The summed E-state index contributed by atoms with van der Waals surface area (Å²) in [7, 11) is -0.884. The van der Waals surface area contributed by atoms with Crippen LogP contribution < -0.4 is 11.0 Å². The lowest BCUT2D eigenvalue weighted by atomic mass is 10.3. The Morgan fingerprint density at radius 2 is 2.18 bits per heavy atom. The summed E-state index contributed by atoms with van der Waals surface area (Å²) in [6.45, 7) is 5.71. The van der Waals surface area contributed by atoms with Crippen LogP contribution in [-0.2, 0) is 21.9 Å². The van der Waals surface area contributed by atoms with Crippen LogP contribution in [0.1, 0.15) is 20.8 Å². The lowest BCUT2D eigenvalue weighted by Gasteiger charge is -2.12. The van der Waals surface area contributed by atoms with Gasteiger partial charge in [0.05, 0.1) is 29.2 Å². The summed E-state index contributed by atoms with van der Waals surface area (Å²) in [5, 5.41) is 1.96. The van der Waals surface area contributed by atoms with Gasteiger partial charge in [-0.3, -0.25) is 5.01 Å². The summed E-state index contributed by atoms with van der Waals surface area (Å²) in [6.07, 6.45) is 7.89. The number of hydrogen-bond donors (Lipinski definition) is 2. The topological polar surface area (TPSA) is 56.7 Å². The second-order valence-electron chi connectivity index (χ2n) is 5.00. The highest BCUT2D eigenvalue weighted by Crippen LogP contribution is 2.12. The van der Waals surface area contributed by atoms with Crippen molar-refractivity contribution in [2.24, 2.45) is 4.40 Å². The minimum atomic E-state index is -1.21. The molecule has 0 aromatic heterocycles. The van der Waals surface area contributed by atoms with Gasteiger partial charge < -0.3 is 5.43 Å². The molecule has 1 rings (SSSR count). The summed E-state index contributed by atoms with van der Waals surface area (Å²) in [4.78, 5) is 0. The molecule has 0 saturated heterocycles. The van der Waals surface area contributed by atoms with Crippen molar-refractivity contribution in [3.8, 4) is 0 Å². The number of nitrogens with one attached hydrogen (secondary N) is 2. The summed E-state index contributed by atoms with van der Waals surface area (Å²) in [5.41, 5.74) is 6.81. The average Bonchev–Trinajstić information content (AvgIpc) is 2.59. The lowest BCUT2D eigenvalue weighted by Crippen LogP contribution is -2.39. The molecule has 0 aromatic rings. The van der Waals surface area contributed by atoms with E-state index in [0.717, 1.165) is 11.6 Å². The predicted molar refractivity (Wildman–Crippen MR) is 76.7 cm³/mol. The van der Waals surface area contributed by atoms with Crippen molar-refractivity contribution < 1.29 is 4.21 Å². The molecule has 0 saturated carbocycles. The van der Waals surface area contributed by atoms with Crippen LogP contribution in [0, 0.1) is 0 Å². The van der Waals surface area contributed by atoms with Crippen LogP contribution in [0.25, 0.3) is 0 Å². The molecule has 0 fully saturated rings. The Bertz CT molecular complexity index is 347. The monoisotopic (exact) mass is 277 g/mol. The standard InChI is InChI=1S/C10H21N4OS2/c1-10(2,3)17(15)11-6-9-7-14(13-12-9)8-16(4)5/h6-7,12-13H,8H2,1-5H3/q+1. The predicted octanol–water partition coefficient (Wildman–Crippen LogP) is 0.521. The van der Waals surface area contributed by atoms with Gasteiger partial charge in [0.1, 0.15) is 11.0 Å². The summed E-state index contributed by atoms with van der Waals surface area (Å²) >= 11 is 0. The van der Waals surface area contributed by atoms with E-state index in [1.165, 1.54) is 0 Å². The van der Waals surface area contributed by atoms with E-state index in [-0.39, 0.29) is 4.75 Å². The van der Waals surface area contributed by atoms with E-state index >= 15 is 0 Å². The zero-order valence-corrected chi connectivity index (χ0v) is 12.6. The number of hydrazine groups is 2. The minimum absolute atomic E-state index is 0.317. The minimum Gasteiger partial charge on any atom is -0.301 e. The van der Waals surface area contributed by atoms with Crippen LogP contribution in [-0.4, -0.2) is 38.6 Å². The quantitative estimate of drug-likeness (QED) is 0.581. The van der Waals surface area contributed by atoms with Gasteiger partial charge in [-0.05, 0) is 20.8 Å². The fraction of sp³-hybridized carbons (Fsp3) is 0.700. The molecule has 1 atom stereocenters. The van der Waals surface area contributed by atoms with E-state index in [0.29, 0.717) is 10.9 Å². The second-order valence-corrected chi connectivity index (χ2v) is 9.17. The fourth-order valence-corrected chi connectivity index (χ4v) is 2.27. The average molecular weight is 277 g/mol. The van der Waals surface area contributed by atoms with Crippen LogP contribution in [0.5, 0.6) is 0 Å². The summed E-state index contributed by atoms with van der Waals surface area (Å²) in [5.74, 6) is 0.937. The van der Waals surface area contributed by atoms with Crippen LogP contribution in [0.15, 0.2) is 16.3 Å². The molecule has 1 unspecified atom stereocenters. The Hall–Kier alpha value is -0.530. The molecular weight excluding hydrogens is 256 g/mol. The van der Waals surface area contributed by atoms with Crippen molar-refractivity contribution in [2.45, 2.75) is 25.5 Å². The maximum atomic E-state index is 11.7. The van der Waals surface area contributed by atoms with Gasteiger partial charge in [0, 0.05) is 17.1 Å². The van der Waals surface area contributed by atoms with Gasteiger partial charge in [-0.25, -0.2) is 4.21 Å². The maximum absolute atomic E-state index is 11.7. The Kier molecular flexibility index (Phi) is 5.03. The van der Waals surface area contributed by atoms with Gasteiger partial charge in [-0.1, -0.05) is 0 Å². The van der Waals surface area contributed by atoms with Gasteiger partial charge in [0.2, 0.25) is 0 Å². The van der Waals surface area contributed by atoms with E-state index in [2.05, 4.69) is 27.9 Å². The van der Waals surface area contributed by atoms with Gasteiger partial charge in [-0.15, -0.1) is 5.53 Å². The van der Waals surface area contributed by atoms with Crippen LogP contribution >= 0.6 is 0 Å². The van der Waals surface area contributed by atoms with Gasteiger partial charge in [0.25, 0.3) is 0 Å². The number of nitrogens with zero attached hydrogens (tertiary/aromatic N) is 2. The van der Waals surface area contributed by atoms with Gasteiger partial charge in [-0.2, -0.15) is 4.40 Å². The van der Waals surface area contributed by atoms with Crippen LogP contribution in [0.3, 0.4) is 0 Å². The molecule has 0 spiro atoms. The van der Waals surface area contributed by atoms with Crippen molar-refractivity contribution in [1.82, 2.24) is 16.0 Å². The summed E-state index contributed by atoms with van der Waals surface area (Å²) in [6, 6.07) is 0. The molecule has 0 amide bonds. The van der Waals surface area contributed by atoms with Crippen molar-refractivity contribution in [3.05, 3.63) is 11.9 Å². The van der Waals surface area contributed by atoms with E-state index in [1.807, 2.05) is 32.0 Å². The van der Waals surface area contributed by atoms with E-state index in [1.54, 1.807) is 6.21 Å². The molecule has 1 heterocycles. The third kappa shape index (κ3) is 5.10. The highest BCUT2D eigenvalue weighted by Gasteiger charge is 2.19.